The van der Waals surface area contributed by atoms with Crippen molar-refractivity contribution in [3.8, 4) is 0 Å². The smallest absolute Gasteiger partial charge is 0.220 e. The molecule has 2 aliphatic carbocycles. The summed E-state index contributed by atoms with van der Waals surface area (Å²) in [5.74, 6) is -1.03. The minimum Gasteiger partial charge on any atom is -0.390 e. The first-order chi connectivity index (χ1) is 17.5. The van der Waals surface area contributed by atoms with Crippen molar-refractivity contribution in [3.63, 3.8) is 0 Å². The molecule has 0 saturated heterocycles. The van der Waals surface area contributed by atoms with Gasteiger partial charge in [0, 0.05) is 24.6 Å². The molecule has 2 fully saturated rings. The molecular weight excluding hydrogens is 470 g/mol. The van der Waals surface area contributed by atoms with E-state index in [1.807, 2.05) is 0 Å². The van der Waals surface area contributed by atoms with E-state index in [0.717, 1.165) is 44.6 Å². The van der Waals surface area contributed by atoms with Crippen LogP contribution >= 0.6 is 0 Å². The normalized spacial score (nSPS) is 19.3. The molecule has 0 bridgehead atoms. The lowest BCUT2D eigenvalue weighted by Gasteiger charge is -2.41. The Labute approximate surface area is 220 Å². The molecule has 6 heteroatoms. The molecule has 4 nitrogen and oxygen atoms in total. The van der Waals surface area contributed by atoms with Gasteiger partial charge in [0.05, 0.1) is 12.1 Å². The molecule has 2 aromatic rings. The topological polar surface area (TPSA) is 61.4 Å². The molecule has 2 aliphatic rings. The van der Waals surface area contributed by atoms with Crippen molar-refractivity contribution >= 4 is 5.91 Å². The zero-order valence-electron chi connectivity index (χ0n) is 22.5. The highest BCUT2D eigenvalue weighted by Gasteiger charge is 2.36. The van der Waals surface area contributed by atoms with Gasteiger partial charge in [-0.05, 0) is 72.3 Å². The molecule has 37 heavy (non-hydrogen) atoms. The number of hydrogen-bond acceptors (Lipinski definition) is 3. The first kappa shape index (κ1) is 27.7. The van der Waals surface area contributed by atoms with Crippen LogP contribution in [0.2, 0.25) is 0 Å². The number of carbonyl (C=O) groups excluding carboxylic acids is 1. The Morgan fingerprint density at radius 2 is 1.73 bits per heavy atom. The van der Waals surface area contributed by atoms with Gasteiger partial charge in [0.2, 0.25) is 5.91 Å². The van der Waals surface area contributed by atoms with Gasteiger partial charge in [-0.1, -0.05) is 64.3 Å². The summed E-state index contributed by atoms with van der Waals surface area (Å²) < 4.78 is 27.7. The van der Waals surface area contributed by atoms with Crippen LogP contribution in [-0.4, -0.2) is 29.7 Å². The largest absolute Gasteiger partial charge is 0.390 e. The monoisotopic (exact) mass is 512 g/mol. The van der Waals surface area contributed by atoms with Gasteiger partial charge in [-0.25, -0.2) is 8.78 Å². The van der Waals surface area contributed by atoms with Gasteiger partial charge < -0.3 is 15.7 Å². The Bertz CT molecular complexity index is 1050. The molecule has 0 spiro atoms. The van der Waals surface area contributed by atoms with E-state index in [1.165, 1.54) is 29.7 Å². The van der Waals surface area contributed by atoms with Crippen LogP contribution in [0.3, 0.4) is 0 Å². The van der Waals surface area contributed by atoms with E-state index in [-0.39, 0.29) is 29.8 Å². The molecule has 0 aliphatic heterocycles. The summed E-state index contributed by atoms with van der Waals surface area (Å²) >= 11 is 0. The van der Waals surface area contributed by atoms with Gasteiger partial charge in [-0.15, -0.1) is 0 Å². The number of hydrogen-bond donors (Lipinski definition) is 3. The summed E-state index contributed by atoms with van der Waals surface area (Å²) in [5, 5.41) is 18.0. The lowest BCUT2D eigenvalue weighted by molar-refractivity contribution is -0.123. The molecule has 3 N–H and O–H groups in total. The highest BCUT2D eigenvalue weighted by Crippen LogP contribution is 2.39. The molecule has 0 aromatic heterocycles. The van der Waals surface area contributed by atoms with Gasteiger partial charge >= 0.3 is 0 Å². The Kier molecular flexibility index (Phi) is 8.70. The van der Waals surface area contributed by atoms with Gasteiger partial charge in [0.25, 0.3) is 0 Å². The van der Waals surface area contributed by atoms with Gasteiger partial charge in [-0.3, -0.25) is 4.79 Å². The second-order valence-electron chi connectivity index (χ2n) is 12.2. The van der Waals surface area contributed by atoms with Crippen molar-refractivity contribution in [2.24, 2.45) is 5.92 Å². The Morgan fingerprint density at radius 1 is 1.05 bits per heavy atom. The summed E-state index contributed by atoms with van der Waals surface area (Å²) in [6.45, 7) is 6.90. The second kappa shape index (κ2) is 11.6. The number of amides is 1. The Balaban J connectivity index is 1.52. The maximum atomic E-state index is 13.9. The van der Waals surface area contributed by atoms with E-state index in [9.17, 15) is 18.7 Å². The molecule has 202 valence electrons. The van der Waals surface area contributed by atoms with Gasteiger partial charge in [0.1, 0.15) is 11.6 Å². The lowest BCUT2D eigenvalue weighted by Crippen LogP contribution is -2.53. The molecule has 2 unspecified atom stereocenters. The third-order valence-electron chi connectivity index (χ3n) is 8.00. The maximum Gasteiger partial charge on any atom is 0.220 e. The van der Waals surface area contributed by atoms with Crippen LogP contribution in [0.1, 0.15) is 88.8 Å². The summed E-state index contributed by atoms with van der Waals surface area (Å²) in [6, 6.07) is 11.5. The Hall–Kier alpha value is -2.31. The van der Waals surface area contributed by atoms with Gasteiger partial charge in [0.15, 0.2) is 0 Å². The van der Waals surface area contributed by atoms with E-state index in [2.05, 4.69) is 55.7 Å². The van der Waals surface area contributed by atoms with Crippen molar-refractivity contribution in [1.82, 2.24) is 10.6 Å². The number of rotatable bonds is 10. The zero-order chi connectivity index (χ0) is 26.6. The first-order valence-electron chi connectivity index (χ1n) is 13.8. The fourth-order valence-electron chi connectivity index (χ4n) is 5.56. The molecule has 2 atom stereocenters. The average Bonchev–Trinajstić information content (AvgIpc) is 3.65. The zero-order valence-corrected chi connectivity index (χ0v) is 22.5. The first-order valence-corrected chi connectivity index (χ1v) is 13.8. The lowest BCUT2D eigenvalue weighted by atomic mass is 9.74. The molecule has 1 amide bonds. The van der Waals surface area contributed by atoms with Gasteiger partial charge in [-0.2, -0.15) is 0 Å². The van der Waals surface area contributed by atoms with Crippen LogP contribution in [0.15, 0.2) is 42.5 Å². The van der Waals surface area contributed by atoms with Crippen molar-refractivity contribution in [2.45, 2.75) is 102 Å². The molecular formula is C31H42F2N2O2. The number of aliphatic hydroxyl groups excluding tert-OH is 1. The average molecular weight is 513 g/mol. The minimum atomic E-state index is -0.918. The molecule has 0 radical (unpaired) electrons. The van der Waals surface area contributed by atoms with Crippen molar-refractivity contribution in [2.75, 3.05) is 6.54 Å². The predicted molar refractivity (Wildman–Crippen MR) is 143 cm³/mol. The molecule has 2 aromatic carbocycles. The van der Waals surface area contributed by atoms with Crippen LogP contribution in [0.5, 0.6) is 0 Å². The third kappa shape index (κ3) is 7.61. The fourth-order valence-corrected chi connectivity index (χ4v) is 5.56. The summed E-state index contributed by atoms with van der Waals surface area (Å²) in [4.78, 5) is 12.7. The number of nitrogens with one attached hydrogen (secondary N) is 2. The number of halogens is 2. The van der Waals surface area contributed by atoms with Crippen molar-refractivity contribution < 1.29 is 18.7 Å². The summed E-state index contributed by atoms with van der Waals surface area (Å²) in [5.41, 5.74) is 2.69. The molecule has 4 rings (SSSR count). The van der Waals surface area contributed by atoms with Crippen LogP contribution in [-0.2, 0) is 22.2 Å². The maximum absolute atomic E-state index is 13.9. The minimum absolute atomic E-state index is 0.0303. The standard InChI is InChI=1S/C31H42F2N2O2/c1-30(2,3)23-8-7-9-24(18-23)31(12-5-4-6-13-31)34-20-28(36)27(35-29(37)17-21-10-11-21)16-22-14-25(32)19-26(33)15-22/h7-9,14-15,18-19,21,27-28,34,36H,4-6,10-13,16-17,20H2,1-3H3,(H,35,37). The van der Waals surface area contributed by atoms with Crippen molar-refractivity contribution in [3.05, 3.63) is 70.8 Å². The highest BCUT2D eigenvalue weighted by molar-refractivity contribution is 5.77. The predicted octanol–water partition coefficient (Wildman–Crippen LogP) is 5.90. The SMILES string of the molecule is CC(C)(C)c1cccc(C2(NCC(O)C(Cc3cc(F)cc(F)c3)NC(=O)CC3CC3)CCCCC2)c1. The number of benzene rings is 2. The van der Waals surface area contributed by atoms with E-state index in [1.54, 1.807) is 0 Å². The molecule has 2 saturated carbocycles. The summed E-state index contributed by atoms with van der Waals surface area (Å²) in [6.07, 6.45) is 7.11. The molecule has 0 heterocycles. The third-order valence-corrected chi connectivity index (χ3v) is 8.00. The number of aliphatic hydroxyl groups is 1. The fraction of sp³-hybridized carbons (Fsp3) is 0.581. The van der Waals surface area contributed by atoms with Crippen molar-refractivity contribution in [1.29, 1.82) is 0 Å². The second-order valence-corrected chi connectivity index (χ2v) is 12.2. The van der Waals surface area contributed by atoms with Crippen LogP contribution < -0.4 is 10.6 Å². The van der Waals surface area contributed by atoms with E-state index >= 15 is 0 Å². The quantitative estimate of drug-likeness (QED) is 0.371. The summed E-state index contributed by atoms with van der Waals surface area (Å²) in [7, 11) is 0. The van der Waals surface area contributed by atoms with E-state index in [4.69, 9.17) is 0 Å². The van der Waals surface area contributed by atoms with Crippen LogP contribution in [0, 0.1) is 17.6 Å². The highest BCUT2D eigenvalue weighted by atomic mass is 19.1. The number of carbonyl (C=O) groups is 1. The van der Waals surface area contributed by atoms with E-state index in [0.29, 0.717) is 17.9 Å². The van der Waals surface area contributed by atoms with E-state index < -0.39 is 23.8 Å². The van der Waals surface area contributed by atoms with Crippen LogP contribution in [0.4, 0.5) is 8.78 Å². The Morgan fingerprint density at radius 3 is 2.35 bits per heavy atom. The van der Waals surface area contributed by atoms with Crippen LogP contribution in [0.25, 0.3) is 0 Å².